The molecule has 3 N–H and O–H groups in total. The second-order valence-electron chi connectivity index (χ2n) is 5.99. The predicted molar refractivity (Wildman–Crippen MR) is 92.4 cm³/mol. The third-order valence-electron chi connectivity index (χ3n) is 3.59. The number of rotatable bonds is 2. The first-order valence-corrected chi connectivity index (χ1v) is 8.60. The van der Waals surface area contributed by atoms with Gasteiger partial charge >= 0.3 is 0 Å². The summed E-state index contributed by atoms with van der Waals surface area (Å²) in [6.07, 6.45) is 0.696. The van der Waals surface area contributed by atoms with Gasteiger partial charge in [0.2, 0.25) is 0 Å². The number of ether oxygens (including phenoxy) is 1. The van der Waals surface area contributed by atoms with Gasteiger partial charge in [-0.1, -0.05) is 0 Å². The van der Waals surface area contributed by atoms with E-state index in [1.54, 1.807) is 0 Å². The smallest absolute Gasteiger partial charge is 0.261 e. The number of thiophene rings is 1. The van der Waals surface area contributed by atoms with Gasteiger partial charge in [0, 0.05) is 17.7 Å². The molecule has 6 heteroatoms. The van der Waals surface area contributed by atoms with Crippen LogP contribution in [0.25, 0.3) is 0 Å². The van der Waals surface area contributed by atoms with Crippen LogP contribution in [0.2, 0.25) is 0 Å². The van der Waals surface area contributed by atoms with E-state index in [0.717, 1.165) is 15.1 Å². The summed E-state index contributed by atoms with van der Waals surface area (Å²) in [6.45, 7) is 4.04. The maximum atomic E-state index is 12.4. The van der Waals surface area contributed by atoms with E-state index in [9.17, 15) is 4.79 Å². The summed E-state index contributed by atoms with van der Waals surface area (Å²) in [4.78, 5) is 13.1. The molecule has 2 heterocycles. The molecule has 1 aromatic heterocycles. The molecular formula is C16H17BrN2O2S. The second-order valence-corrected chi connectivity index (χ2v) is 8.46. The van der Waals surface area contributed by atoms with E-state index in [1.165, 1.54) is 11.3 Å². The minimum atomic E-state index is -0.336. The van der Waals surface area contributed by atoms with Crippen LogP contribution in [0.5, 0.6) is 5.75 Å². The summed E-state index contributed by atoms with van der Waals surface area (Å²) < 4.78 is 6.92. The lowest BCUT2D eigenvalue weighted by molar-refractivity contribution is 0.0621. The Labute approximate surface area is 141 Å². The normalized spacial score (nSPS) is 19.1. The fourth-order valence-corrected chi connectivity index (χ4v) is 3.96. The standard InChI is InChI=1S/C16H17BrN2O2S/c1-16(2)8-11(10-7-9(18)3-4-12(10)21-16)19-15(20)13-5-6-14(17)22-13/h3-7,11H,8,18H2,1-2H3,(H,19,20). The molecule has 0 saturated carbocycles. The lowest BCUT2D eigenvalue weighted by Gasteiger charge is -2.38. The zero-order valence-electron chi connectivity index (χ0n) is 12.4. The molecule has 0 saturated heterocycles. The SMILES string of the molecule is CC1(C)CC(NC(=O)c2ccc(Br)s2)c2cc(N)ccc2O1. The van der Waals surface area contributed by atoms with Crippen molar-refractivity contribution in [3.05, 3.63) is 44.6 Å². The molecule has 1 aromatic carbocycles. The molecule has 4 nitrogen and oxygen atoms in total. The summed E-state index contributed by atoms with van der Waals surface area (Å²) in [5, 5.41) is 3.10. The highest BCUT2D eigenvalue weighted by atomic mass is 79.9. The molecule has 0 bridgehead atoms. The summed E-state index contributed by atoms with van der Waals surface area (Å²) in [7, 11) is 0. The van der Waals surface area contributed by atoms with E-state index in [4.69, 9.17) is 10.5 Å². The number of nitrogens with one attached hydrogen (secondary N) is 1. The highest BCUT2D eigenvalue weighted by Crippen LogP contribution is 2.40. The number of halogens is 1. The van der Waals surface area contributed by atoms with Crippen LogP contribution in [0.3, 0.4) is 0 Å². The Bertz CT molecular complexity index is 727. The average Bonchev–Trinajstić information content (AvgIpc) is 2.85. The molecule has 22 heavy (non-hydrogen) atoms. The topological polar surface area (TPSA) is 64.4 Å². The summed E-state index contributed by atoms with van der Waals surface area (Å²) in [5.41, 5.74) is 7.15. The monoisotopic (exact) mass is 380 g/mol. The number of benzene rings is 1. The fraction of sp³-hybridized carbons (Fsp3) is 0.312. The molecule has 1 atom stereocenters. The van der Waals surface area contributed by atoms with Gasteiger partial charge in [0.1, 0.15) is 11.4 Å². The Morgan fingerprint density at radius 2 is 2.18 bits per heavy atom. The number of carbonyl (C=O) groups excluding carboxylic acids is 1. The third kappa shape index (κ3) is 3.13. The van der Waals surface area contributed by atoms with Gasteiger partial charge in [-0.25, -0.2) is 0 Å². The first-order valence-electron chi connectivity index (χ1n) is 6.99. The highest BCUT2D eigenvalue weighted by Gasteiger charge is 2.34. The molecule has 2 aromatic rings. The lowest BCUT2D eigenvalue weighted by Crippen LogP contribution is -2.41. The van der Waals surface area contributed by atoms with Crippen LogP contribution >= 0.6 is 27.3 Å². The molecule has 1 aliphatic heterocycles. The predicted octanol–water partition coefficient (Wildman–Crippen LogP) is 4.13. The summed E-state index contributed by atoms with van der Waals surface area (Å²) in [5.74, 6) is 0.704. The van der Waals surface area contributed by atoms with Gasteiger partial charge in [-0.05, 0) is 60.1 Å². The minimum absolute atomic E-state index is 0.0771. The summed E-state index contributed by atoms with van der Waals surface area (Å²) >= 11 is 4.80. The minimum Gasteiger partial charge on any atom is -0.487 e. The fourth-order valence-electron chi connectivity index (χ4n) is 2.67. The van der Waals surface area contributed by atoms with E-state index >= 15 is 0 Å². The Morgan fingerprint density at radius 3 is 2.86 bits per heavy atom. The number of hydrogen-bond acceptors (Lipinski definition) is 4. The van der Waals surface area contributed by atoms with E-state index in [0.29, 0.717) is 17.0 Å². The van der Waals surface area contributed by atoms with Crippen LogP contribution in [0.4, 0.5) is 5.69 Å². The largest absolute Gasteiger partial charge is 0.487 e. The van der Waals surface area contributed by atoms with Crippen molar-refractivity contribution in [1.29, 1.82) is 0 Å². The molecule has 0 radical (unpaired) electrons. The van der Waals surface area contributed by atoms with Crippen molar-refractivity contribution in [3.63, 3.8) is 0 Å². The molecule has 1 aliphatic rings. The van der Waals surface area contributed by atoms with Crippen LogP contribution < -0.4 is 15.8 Å². The molecule has 1 unspecified atom stereocenters. The van der Waals surface area contributed by atoms with Crippen LogP contribution in [0, 0.1) is 0 Å². The van der Waals surface area contributed by atoms with Gasteiger partial charge in [0.15, 0.2) is 0 Å². The Kier molecular flexibility index (Phi) is 3.91. The van der Waals surface area contributed by atoms with E-state index in [2.05, 4.69) is 21.2 Å². The van der Waals surface area contributed by atoms with Crippen LogP contribution in [-0.2, 0) is 0 Å². The zero-order chi connectivity index (χ0) is 15.9. The first kappa shape index (κ1) is 15.4. The van der Waals surface area contributed by atoms with Gasteiger partial charge in [-0.15, -0.1) is 11.3 Å². The highest BCUT2D eigenvalue weighted by molar-refractivity contribution is 9.11. The number of hydrogen-bond donors (Lipinski definition) is 2. The maximum Gasteiger partial charge on any atom is 0.261 e. The average molecular weight is 381 g/mol. The van der Waals surface area contributed by atoms with Crippen molar-refractivity contribution >= 4 is 38.9 Å². The van der Waals surface area contributed by atoms with Crippen LogP contribution in [0.15, 0.2) is 34.1 Å². The Hall–Kier alpha value is -1.53. The van der Waals surface area contributed by atoms with Gasteiger partial charge in [0.05, 0.1) is 14.7 Å². The van der Waals surface area contributed by atoms with Crippen LogP contribution in [0.1, 0.15) is 41.5 Å². The third-order valence-corrected chi connectivity index (χ3v) is 5.22. The van der Waals surface area contributed by atoms with Crippen molar-refractivity contribution in [2.24, 2.45) is 0 Å². The Morgan fingerprint density at radius 1 is 1.41 bits per heavy atom. The van der Waals surface area contributed by atoms with Gasteiger partial charge in [-0.3, -0.25) is 4.79 Å². The van der Waals surface area contributed by atoms with Crippen molar-refractivity contribution < 1.29 is 9.53 Å². The van der Waals surface area contributed by atoms with E-state index < -0.39 is 0 Å². The zero-order valence-corrected chi connectivity index (χ0v) is 14.8. The van der Waals surface area contributed by atoms with E-state index in [-0.39, 0.29) is 17.6 Å². The molecule has 1 amide bonds. The number of amides is 1. The number of carbonyl (C=O) groups is 1. The number of nitrogens with two attached hydrogens (primary N) is 1. The summed E-state index contributed by atoms with van der Waals surface area (Å²) in [6, 6.07) is 9.13. The maximum absolute atomic E-state index is 12.4. The molecule has 116 valence electrons. The lowest BCUT2D eigenvalue weighted by atomic mass is 9.89. The van der Waals surface area contributed by atoms with Gasteiger partial charge in [0.25, 0.3) is 5.91 Å². The molecule has 0 aliphatic carbocycles. The molecular weight excluding hydrogens is 364 g/mol. The quantitative estimate of drug-likeness (QED) is 0.769. The first-order chi connectivity index (χ1) is 10.3. The van der Waals surface area contributed by atoms with Gasteiger partial charge in [-0.2, -0.15) is 0 Å². The number of nitrogen functional groups attached to an aromatic ring is 1. The van der Waals surface area contributed by atoms with Crippen LogP contribution in [-0.4, -0.2) is 11.5 Å². The van der Waals surface area contributed by atoms with E-state index in [1.807, 2.05) is 44.2 Å². The number of fused-ring (bicyclic) bond motifs is 1. The molecule has 3 rings (SSSR count). The van der Waals surface area contributed by atoms with Crippen molar-refractivity contribution in [3.8, 4) is 5.75 Å². The number of anilines is 1. The molecule has 0 fully saturated rings. The second kappa shape index (κ2) is 5.59. The Balaban J connectivity index is 1.90. The van der Waals surface area contributed by atoms with Crippen molar-refractivity contribution in [1.82, 2.24) is 5.32 Å². The van der Waals surface area contributed by atoms with Crippen molar-refractivity contribution in [2.75, 3.05) is 5.73 Å². The molecule has 0 spiro atoms. The van der Waals surface area contributed by atoms with Gasteiger partial charge < -0.3 is 15.8 Å². The van der Waals surface area contributed by atoms with Crippen molar-refractivity contribution in [2.45, 2.75) is 31.9 Å².